The fourth-order valence-corrected chi connectivity index (χ4v) is 2.52. The van der Waals surface area contributed by atoms with Crippen molar-refractivity contribution in [3.8, 4) is 0 Å². The third-order valence-electron chi connectivity index (χ3n) is 3.23. The van der Waals surface area contributed by atoms with Crippen LogP contribution in [0.2, 0.25) is 10.0 Å². The number of hydrazine groups is 1. The Kier molecular flexibility index (Phi) is 3.87. The summed E-state index contributed by atoms with van der Waals surface area (Å²) in [5.74, 6) is 5.86. The monoisotopic (exact) mass is 324 g/mol. The first-order chi connectivity index (χ1) is 10.1. The lowest BCUT2D eigenvalue weighted by atomic mass is 10.0. The molecule has 6 heteroatoms. The summed E-state index contributed by atoms with van der Waals surface area (Å²) in [4.78, 5) is 0. The van der Waals surface area contributed by atoms with Crippen molar-refractivity contribution in [2.45, 2.75) is 6.04 Å². The Labute approximate surface area is 130 Å². The van der Waals surface area contributed by atoms with E-state index in [9.17, 15) is 4.39 Å². The predicted molar refractivity (Wildman–Crippen MR) is 81.8 cm³/mol. The molecule has 1 atom stereocenters. The fraction of sp³-hybridized carbons (Fsp3) is 0.0667. The van der Waals surface area contributed by atoms with Gasteiger partial charge in [-0.05, 0) is 42.0 Å². The van der Waals surface area contributed by atoms with E-state index in [1.165, 1.54) is 12.1 Å². The average molecular weight is 325 g/mol. The first kappa shape index (κ1) is 14.4. The summed E-state index contributed by atoms with van der Waals surface area (Å²) in [5.41, 5.74) is 4.05. The van der Waals surface area contributed by atoms with E-state index in [1.807, 2.05) is 0 Å². The molecule has 3 nitrogen and oxygen atoms in total. The van der Waals surface area contributed by atoms with Crippen LogP contribution in [0.1, 0.15) is 17.4 Å². The Morgan fingerprint density at radius 2 is 1.86 bits per heavy atom. The van der Waals surface area contributed by atoms with E-state index in [-0.39, 0.29) is 5.82 Å². The van der Waals surface area contributed by atoms with Crippen molar-refractivity contribution in [1.29, 1.82) is 0 Å². The van der Waals surface area contributed by atoms with Crippen LogP contribution < -0.4 is 11.3 Å². The highest BCUT2D eigenvalue weighted by molar-refractivity contribution is 6.42. The highest BCUT2D eigenvalue weighted by Crippen LogP contribution is 2.31. The van der Waals surface area contributed by atoms with Crippen LogP contribution in [0.25, 0.3) is 11.0 Å². The van der Waals surface area contributed by atoms with Crippen LogP contribution in [0.3, 0.4) is 0 Å². The van der Waals surface area contributed by atoms with Crippen molar-refractivity contribution < 1.29 is 8.81 Å². The summed E-state index contributed by atoms with van der Waals surface area (Å²) >= 11 is 11.9. The van der Waals surface area contributed by atoms with Gasteiger partial charge in [0.1, 0.15) is 23.2 Å². The molecule has 3 rings (SSSR count). The van der Waals surface area contributed by atoms with E-state index in [1.54, 1.807) is 30.3 Å². The topological polar surface area (TPSA) is 51.2 Å². The van der Waals surface area contributed by atoms with Gasteiger partial charge in [0.25, 0.3) is 0 Å². The first-order valence-electron chi connectivity index (χ1n) is 6.18. The van der Waals surface area contributed by atoms with Crippen molar-refractivity contribution in [3.05, 3.63) is 69.7 Å². The maximum absolute atomic E-state index is 13.2. The largest absolute Gasteiger partial charge is 0.459 e. The molecular formula is C15H11Cl2FN2O. The average Bonchev–Trinajstić information content (AvgIpc) is 2.86. The lowest BCUT2D eigenvalue weighted by Gasteiger charge is -2.14. The minimum absolute atomic E-state index is 0.318. The highest BCUT2D eigenvalue weighted by atomic mass is 35.5. The molecule has 0 saturated heterocycles. The zero-order chi connectivity index (χ0) is 15.0. The minimum Gasteiger partial charge on any atom is -0.459 e. The second kappa shape index (κ2) is 5.66. The summed E-state index contributed by atoms with van der Waals surface area (Å²) < 4.78 is 19.0. The molecule has 3 aromatic rings. The third-order valence-corrected chi connectivity index (χ3v) is 3.96. The van der Waals surface area contributed by atoms with E-state index in [0.29, 0.717) is 26.8 Å². The number of hydrogen-bond acceptors (Lipinski definition) is 3. The van der Waals surface area contributed by atoms with Crippen LogP contribution in [-0.2, 0) is 0 Å². The molecule has 2 aromatic carbocycles. The molecule has 1 unspecified atom stereocenters. The van der Waals surface area contributed by atoms with Crippen LogP contribution in [0, 0.1) is 5.82 Å². The molecule has 108 valence electrons. The van der Waals surface area contributed by atoms with E-state index in [0.717, 1.165) is 5.56 Å². The molecule has 0 fully saturated rings. The summed E-state index contributed by atoms with van der Waals surface area (Å²) in [5, 5.41) is 1.56. The summed E-state index contributed by atoms with van der Waals surface area (Å²) in [6, 6.07) is 10.9. The van der Waals surface area contributed by atoms with Crippen LogP contribution in [-0.4, -0.2) is 0 Å². The van der Waals surface area contributed by atoms with Gasteiger partial charge in [-0.15, -0.1) is 0 Å². The Hall–Kier alpha value is -1.59. The van der Waals surface area contributed by atoms with Gasteiger partial charge >= 0.3 is 0 Å². The lowest BCUT2D eigenvalue weighted by molar-refractivity contribution is 0.477. The van der Waals surface area contributed by atoms with Crippen molar-refractivity contribution in [2.75, 3.05) is 0 Å². The predicted octanol–water partition coefficient (Wildman–Crippen LogP) is 4.43. The van der Waals surface area contributed by atoms with Gasteiger partial charge in [-0.1, -0.05) is 29.3 Å². The van der Waals surface area contributed by atoms with E-state index < -0.39 is 6.04 Å². The first-order valence-corrected chi connectivity index (χ1v) is 6.94. The molecule has 1 heterocycles. The van der Waals surface area contributed by atoms with Gasteiger partial charge in [-0.25, -0.2) is 9.82 Å². The van der Waals surface area contributed by atoms with Crippen LogP contribution in [0.4, 0.5) is 4.39 Å². The number of halogens is 3. The molecule has 0 saturated carbocycles. The number of nitrogens with one attached hydrogen (secondary N) is 1. The lowest BCUT2D eigenvalue weighted by Crippen LogP contribution is -2.28. The second-order valence-electron chi connectivity index (χ2n) is 4.60. The van der Waals surface area contributed by atoms with Gasteiger partial charge in [0.05, 0.1) is 10.0 Å². The van der Waals surface area contributed by atoms with Crippen LogP contribution >= 0.6 is 23.2 Å². The van der Waals surface area contributed by atoms with Crippen molar-refractivity contribution >= 4 is 34.2 Å². The van der Waals surface area contributed by atoms with Crippen LogP contribution in [0.15, 0.2) is 46.9 Å². The second-order valence-corrected chi connectivity index (χ2v) is 5.42. The Morgan fingerprint density at radius 3 is 2.57 bits per heavy atom. The van der Waals surface area contributed by atoms with Crippen molar-refractivity contribution in [2.24, 2.45) is 5.84 Å². The quantitative estimate of drug-likeness (QED) is 0.553. The van der Waals surface area contributed by atoms with E-state index in [2.05, 4.69) is 5.43 Å². The standard InChI is InChI=1S/C15H11Cl2FN2O/c16-11-3-1-8(6-12(11)17)15(20-19)14-7-9-5-10(18)2-4-13(9)21-14/h1-7,15,20H,19H2. The Morgan fingerprint density at radius 1 is 1.05 bits per heavy atom. The summed E-state index contributed by atoms with van der Waals surface area (Å²) in [7, 11) is 0. The van der Waals surface area contributed by atoms with Crippen molar-refractivity contribution in [1.82, 2.24) is 5.43 Å². The van der Waals surface area contributed by atoms with E-state index >= 15 is 0 Å². The molecule has 0 amide bonds. The van der Waals surface area contributed by atoms with Gasteiger partial charge in [-0.2, -0.15) is 0 Å². The minimum atomic E-state index is -0.407. The van der Waals surface area contributed by atoms with Gasteiger partial charge in [0.15, 0.2) is 0 Å². The molecule has 0 radical (unpaired) electrons. The van der Waals surface area contributed by atoms with Gasteiger partial charge in [0, 0.05) is 5.39 Å². The number of rotatable bonds is 3. The third kappa shape index (κ3) is 2.76. The normalized spacial score (nSPS) is 12.8. The number of fused-ring (bicyclic) bond motifs is 1. The summed E-state index contributed by atoms with van der Waals surface area (Å²) in [6.07, 6.45) is 0. The maximum Gasteiger partial charge on any atom is 0.134 e. The van der Waals surface area contributed by atoms with E-state index in [4.69, 9.17) is 33.5 Å². The van der Waals surface area contributed by atoms with Gasteiger partial charge in [-0.3, -0.25) is 5.84 Å². The number of nitrogens with two attached hydrogens (primary N) is 1. The molecule has 0 aliphatic rings. The van der Waals surface area contributed by atoms with Crippen molar-refractivity contribution in [3.63, 3.8) is 0 Å². The molecule has 0 spiro atoms. The molecule has 0 aliphatic heterocycles. The van der Waals surface area contributed by atoms with Gasteiger partial charge in [0.2, 0.25) is 0 Å². The Bertz CT molecular complexity index is 803. The fourth-order valence-electron chi connectivity index (χ4n) is 2.21. The number of hydrogen-bond donors (Lipinski definition) is 2. The zero-order valence-corrected chi connectivity index (χ0v) is 12.3. The summed E-state index contributed by atoms with van der Waals surface area (Å²) in [6.45, 7) is 0. The molecule has 21 heavy (non-hydrogen) atoms. The highest BCUT2D eigenvalue weighted by Gasteiger charge is 2.18. The molecular weight excluding hydrogens is 314 g/mol. The van der Waals surface area contributed by atoms with Gasteiger partial charge < -0.3 is 4.42 Å². The Balaban J connectivity index is 2.06. The molecule has 1 aromatic heterocycles. The number of furan rings is 1. The van der Waals surface area contributed by atoms with Crippen LogP contribution in [0.5, 0.6) is 0 Å². The zero-order valence-electron chi connectivity index (χ0n) is 10.7. The molecule has 0 bridgehead atoms. The maximum atomic E-state index is 13.2. The number of benzene rings is 2. The molecule has 3 N–H and O–H groups in total. The smallest absolute Gasteiger partial charge is 0.134 e. The molecule has 0 aliphatic carbocycles. The SMILES string of the molecule is NNC(c1ccc(Cl)c(Cl)c1)c1cc2cc(F)ccc2o1.